The number of benzene rings is 2. The van der Waals surface area contributed by atoms with Gasteiger partial charge in [0.15, 0.2) is 0 Å². The van der Waals surface area contributed by atoms with Crippen molar-refractivity contribution in [2.75, 3.05) is 6.54 Å². The summed E-state index contributed by atoms with van der Waals surface area (Å²) in [5, 5.41) is 4.00. The molecule has 6 heteroatoms. The van der Waals surface area contributed by atoms with Gasteiger partial charge in [-0.3, -0.25) is 9.59 Å². The molecular formula is C21H24Cl2N2O2. The third-order valence-electron chi connectivity index (χ3n) is 4.26. The van der Waals surface area contributed by atoms with Crippen molar-refractivity contribution >= 4 is 35.0 Å². The van der Waals surface area contributed by atoms with Crippen LogP contribution in [0.15, 0.2) is 48.5 Å². The topological polar surface area (TPSA) is 49.4 Å². The second-order valence-electron chi connectivity index (χ2n) is 6.39. The Morgan fingerprint density at radius 1 is 1.11 bits per heavy atom. The van der Waals surface area contributed by atoms with E-state index in [1.54, 1.807) is 36.1 Å². The molecule has 0 aromatic heterocycles. The number of nitrogens with one attached hydrogen (secondary N) is 1. The van der Waals surface area contributed by atoms with Crippen LogP contribution in [0, 0.1) is 0 Å². The van der Waals surface area contributed by atoms with Crippen molar-refractivity contribution in [3.8, 4) is 0 Å². The highest BCUT2D eigenvalue weighted by molar-refractivity contribution is 6.31. The van der Waals surface area contributed by atoms with E-state index in [4.69, 9.17) is 23.2 Å². The van der Waals surface area contributed by atoms with Crippen LogP contribution in [-0.2, 0) is 22.6 Å². The van der Waals surface area contributed by atoms with Crippen LogP contribution in [-0.4, -0.2) is 29.3 Å². The fourth-order valence-electron chi connectivity index (χ4n) is 2.71. The Hall–Kier alpha value is -2.04. The van der Waals surface area contributed by atoms with Gasteiger partial charge in [0.25, 0.3) is 0 Å². The molecule has 0 saturated carbocycles. The summed E-state index contributed by atoms with van der Waals surface area (Å²) < 4.78 is 0. The van der Waals surface area contributed by atoms with Crippen LogP contribution in [0.25, 0.3) is 0 Å². The first-order valence-corrected chi connectivity index (χ1v) is 9.73. The molecule has 0 heterocycles. The number of halogens is 2. The first-order chi connectivity index (χ1) is 12.9. The summed E-state index contributed by atoms with van der Waals surface area (Å²) >= 11 is 12.3. The van der Waals surface area contributed by atoms with E-state index < -0.39 is 6.04 Å². The molecule has 27 heavy (non-hydrogen) atoms. The maximum Gasteiger partial charge on any atom is 0.242 e. The standard InChI is InChI=1S/C21H24Cl2N2O2/c1-3-11-24-21(27)15(2)25(14-17-8-4-5-10-19(17)23)20(26)13-16-7-6-9-18(22)12-16/h4-10,12,15H,3,11,13-14H2,1-2H3,(H,24,27)/t15-/m0/s1. The molecule has 0 bridgehead atoms. The first kappa shape index (κ1) is 21.3. The summed E-state index contributed by atoms with van der Waals surface area (Å²) in [6, 6.07) is 13.9. The molecule has 2 rings (SSSR count). The summed E-state index contributed by atoms with van der Waals surface area (Å²) in [6.07, 6.45) is 0.996. The minimum absolute atomic E-state index is 0.156. The predicted octanol–water partition coefficient (Wildman–Crippen LogP) is 4.48. The molecular weight excluding hydrogens is 383 g/mol. The van der Waals surface area contributed by atoms with Crippen LogP contribution >= 0.6 is 23.2 Å². The van der Waals surface area contributed by atoms with Gasteiger partial charge in [-0.2, -0.15) is 0 Å². The molecule has 0 unspecified atom stereocenters. The first-order valence-electron chi connectivity index (χ1n) is 8.97. The van der Waals surface area contributed by atoms with Crippen molar-refractivity contribution in [3.05, 3.63) is 69.7 Å². The minimum Gasteiger partial charge on any atom is -0.354 e. The molecule has 144 valence electrons. The fourth-order valence-corrected chi connectivity index (χ4v) is 3.12. The number of rotatable bonds is 8. The summed E-state index contributed by atoms with van der Waals surface area (Å²) in [5.74, 6) is -0.334. The monoisotopic (exact) mass is 406 g/mol. The number of nitrogens with zero attached hydrogens (tertiary/aromatic N) is 1. The van der Waals surface area contributed by atoms with Crippen LogP contribution in [0.3, 0.4) is 0 Å². The number of carbonyl (C=O) groups is 2. The Bertz CT molecular complexity index is 795. The number of carbonyl (C=O) groups excluding carboxylic acids is 2. The number of amides is 2. The Morgan fingerprint density at radius 3 is 2.52 bits per heavy atom. The van der Waals surface area contributed by atoms with E-state index in [-0.39, 0.29) is 24.8 Å². The van der Waals surface area contributed by atoms with Crippen LogP contribution in [0.1, 0.15) is 31.4 Å². The lowest BCUT2D eigenvalue weighted by molar-refractivity contribution is -0.140. The van der Waals surface area contributed by atoms with Crippen LogP contribution in [0.4, 0.5) is 0 Å². The number of hydrogen-bond acceptors (Lipinski definition) is 2. The molecule has 0 fully saturated rings. The maximum absolute atomic E-state index is 13.0. The summed E-state index contributed by atoms with van der Waals surface area (Å²) in [4.78, 5) is 27.1. The lowest BCUT2D eigenvalue weighted by Crippen LogP contribution is -2.48. The van der Waals surface area contributed by atoms with E-state index in [9.17, 15) is 9.59 Å². The molecule has 0 aliphatic rings. The fraction of sp³-hybridized carbons (Fsp3) is 0.333. The van der Waals surface area contributed by atoms with Gasteiger partial charge in [-0.05, 0) is 42.7 Å². The molecule has 2 aromatic rings. The minimum atomic E-state index is -0.612. The van der Waals surface area contributed by atoms with Crippen molar-refractivity contribution < 1.29 is 9.59 Å². The normalized spacial score (nSPS) is 11.7. The molecule has 0 aliphatic heterocycles. The SMILES string of the molecule is CCCNC(=O)[C@H](C)N(Cc1ccccc1Cl)C(=O)Cc1cccc(Cl)c1. The van der Waals surface area contributed by atoms with E-state index in [1.165, 1.54) is 0 Å². The van der Waals surface area contributed by atoms with Gasteiger partial charge in [-0.15, -0.1) is 0 Å². The largest absolute Gasteiger partial charge is 0.354 e. The van der Waals surface area contributed by atoms with Gasteiger partial charge in [0, 0.05) is 23.1 Å². The molecule has 1 atom stereocenters. The highest BCUT2D eigenvalue weighted by Gasteiger charge is 2.26. The van der Waals surface area contributed by atoms with E-state index in [1.807, 2.05) is 31.2 Å². The lowest BCUT2D eigenvalue weighted by Gasteiger charge is -2.29. The van der Waals surface area contributed by atoms with Crippen LogP contribution < -0.4 is 5.32 Å². The van der Waals surface area contributed by atoms with Crippen molar-refractivity contribution in [3.63, 3.8) is 0 Å². The molecule has 1 N–H and O–H groups in total. The van der Waals surface area contributed by atoms with E-state index in [0.29, 0.717) is 16.6 Å². The van der Waals surface area contributed by atoms with Gasteiger partial charge in [0.1, 0.15) is 6.04 Å². The average Bonchev–Trinajstić information content (AvgIpc) is 2.64. The van der Waals surface area contributed by atoms with E-state index in [0.717, 1.165) is 17.5 Å². The smallest absolute Gasteiger partial charge is 0.242 e. The third kappa shape index (κ3) is 6.26. The molecule has 0 aliphatic carbocycles. The van der Waals surface area contributed by atoms with Crippen molar-refractivity contribution in [2.45, 2.75) is 39.3 Å². The predicted molar refractivity (Wildman–Crippen MR) is 110 cm³/mol. The van der Waals surface area contributed by atoms with Crippen LogP contribution in [0.2, 0.25) is 10.0 Å². The molecule has 2 aromatic carbocycles. The molecule has 0 spiro atoms. The highest BCUT2D eigenvalue weighted by atomic mass is 35.5. The van der Waals surface area contributed by atoms with Gasteiger partial charge in [0.2, 0.25) is 11.8 Å². The highest BCUT2D eigenvalue weighted by Crippen LogP contribution is 2.20. The molecule has 4 nitrogen and oxygen atoms in total. The Labute approximate surface area is 170 Å². The zero-order valence-corrected chi connectivity index (χ0v) is 17.1. The van der Waals surface area contributed by atoms with Gasteiger partial charge in [-0.25, -0.2) is 0 Å². The number of hydrogen-bond donors (Lipinski definition) is 1. The van der Waals surface area contributed by atoms with E-state index in [2.05, 4.69) is 5.32 Å². The van der Waals surface area contributed by atoms with E-state index >= 15 is 0 Å². The Balaban J connectivity index is 2.23. The zero-order valence-electron chi connectivity index (χ0n) is 15.5. The van der Waals surface area contributed by atoms with Crippen molar-refractivity contribution in [2.24, 2.45) is 0 Å². The Kier molecular flexibility index (Phi) is 8.14. The zero-order chi connectivity index (χ0) is 19.8. The average molecular weight is 407 g/mol. The van der Waals surface area contributed by atoms with Gasteiger partial charge in [-0.1, -0.05) is 60.5 Å². The van der Waals surface area contributed by atoms with Gasteiger partial charge >= 0.3 is 0 Å². The maximum atomic E-state index is 13.0. The summed E-state index contributed by atoms with van der Waals surface area (Å²) in [6.45, 7) is 4.56. The van der Waals surface area contributed by atoms with Gasteiger partial charge < -0.3 is 10.2 Å². The molecule has 0 radical (unpaired) electrons. The van der Waals surface area contributed by atoms with Crippen molar-refractivity contribution in [1.29, 1.82) is 0 Å². The summed E-state index contributed by atoms with van der Waals surface area (Å²) in [5.41, 5.74) is 1.60. The summed E-state index contributed by atoms with van der Waals surface area (Å²) in [7, 11) is 0. The van der Waals surface area contributed by atoms with Crippen LogP contribution in [0.5, 0.6) is 0 Å². The Morgan fingerprint density at radius 2 is 1.85 bits per heavy atom. The second kappa shape index (κ2) is 10.3. The van der Waals surface area contributed by atoms with Crippen molar-refractivity contribution in [1.82, 2.24) is 10.2 Å². The molecule has 2 amide bonds. The third-order valence-corrected chi connectivity index (χ3v) is 4.86. The second-order valence-corrected chi connectivity index (χ2v) is 7.23. The molecule has 0 saturated heterocycles. The quantitative estimate of drug-likeness (QED) is 0.702. The van der Waals surface area contributed by atoms with Gasteiger partial charge in [0.05, 0.1) is 6.42 Å². The lowest BCUT2D eigenvalue weighted by atomic mass is 10.1.